The summed E-state index contributed by atoms with van der Waals surface area (Å²) in [6, 6.07) is -4.53. The predicted molar refractivity (Wildman–Crippen MR) is 106 cm³/mol. The van der Waals surface area contributed by atoms with Crippen molar-refractivity contribution in [2.24, 2.45) is 11.7 Å². The molecule has 1 rings (SSSR count). The molecule has 0 aromatic carbocycles. The fourth-order valence-corrected chi connectivity index (χ4v) is 2.48. The molecule has 168 valence electrons. The van der Waals surface area contributed by atoms with Crippen LogP contribution >= 0.6 is 0 Å². The first-order valence-electron chi connectivity index (χ1n) is 9.48. The SMILES string of the molecule is CC(NC(=O)C(Cc1cnc[nH]1)NC(=O)C(N)C(C)O)C(=O)NC(C(=O)O)C(C)C. The lowest BCUT2D eigenvalue weighted by Crippen LogP contribution is -2.58. The summed E-state index contributed by atoms with van der Waals surface area (Å²) < 4.78 is 0. The van der Waals surface area contributed by atoms with E-state index in [2.05, 4.69) is 25.9 Å². The van der Waals surface area contributed by atoms with Gasteiger partial charge in [-0.25, -0.2) is 9.78 Å². The van der Waals surface area contributed by atoms with Crippen LogP contribution in [0.3, 0.4) is 0 Å². The number of nitrogens with zero attached hydrogens (tertiary/aromatic N) is 1. The molecule has 0 saturated carbocycles. The Morgan fingerprint density at radius 2 is 1.70 bits per heavy atom. The van der Waals surface area contributed by atoms with Gasteiger partial charge in [-0.2, -0.15) is 0 Å². The summed E-state index contributed by atoms with van der Waals surface area (Å²) >= 11 is 0. The summed E-state index contributed by atoms with van der Waals surface area (Å²) in [5.74, 6) is -3.66. The van der Waals surface area contributed by atoms with Crippen molar-refractivity contribution in [3.05, 3.63) is 18.2 Å². The molecule has 12 heteroatoms. The maximum absolute atomic E-state index is 12.7. The Labute approximate surface area is 174 Å². The summed E-state index contributed by atoms with van der Waals surface area (Å²) in [5.41, 5.74) is 6.15. The number of aromatic amines is 1. The largest absolute Gasteiger partial charge is 0.480 e. The number of amides is 3. The number of nitrogens with one attached hydrogen (secondary N) is 4. The van der Waals surface area contributed by atoms with E-state index < -0.39 is 54.0 Å². The Kier molecular flexibility index (Phi) is 9.40. The molecule has 0 fully saturated rings. The number of hydrogen-bond donors (Lipinski definition) is 7. The second-order valence-electron chi connectivity index (χ2n) is 7.41. The fraction of sp³-hybridized carbons (Fsp3) is 0.611. The molecular formula is C18H30N6O6. The zero-order valence-corrected chi connectivity index (χ0v) is 17.4. The number of carboxylic acid groups (broad SMARTS) is 1. The average molecular weight is 426 g/mol. The molecule has 1 aromatic heterocycles. The Bertz CT molecular complexity index is 736. The first-order valence-corrected chi connectivity index (χ1v) is 9.48. The number of aliphatic carboxylic acids is 1. The number of nitrogens with two attached hydrogens (primary N) is 1. The van der Waals surface area contributed by atoms with Crippen LogP contribution in [0.25, 0.3) is 0 Å². The number of aliphatic hydroxyl groups excluding tert-OH is 1. The van der Waals surface area contributed by atoms with E-state index in [0.717, 1.165) is 0 Å². The van der Waals surface area contributed by atoms with E-state index in [0.29, 0.717) is 5.69 Å². The minimum Gasteiger partial charge on any atom is -0.480 e. The molecule has 5 atom stereocenters. The van der Waals surface area contributed by atoms with Crippen molar-refractivity contribution >= 4 is 23.7 Å². The topological polar surface area (TPSA) is 200 Å². The summed E-state index contributed by atoms with van der Waals surface area (Å²) in [5, 5.41) is 26.0. The number of hydrogen-bond acceptors (Lipinski definition) is 7. The third-order valence-electron chi connectivity index (χ3n) is 4.42. The minimum atomic E-state index is -1.25. The number of imidazole rings is 1. The molecule has 0 aliphatic carbocycles. The summed E-state index contributed by atoms with van der Waals surface area (Å²) in [4.78, 5) is 55.1. The van der Waals surface area contributed by atoms with Crippen LogP contribution in [0.5, 0.6) is 0 Å². The highest BCUT2D eigenvalue weighted by atomic mass is 16.4. The third kappa shape index (κ3) is 7.44. The first-order chi connectivity index (χ1) is 13.9. The van der Waals surface area contributed by atoms with E-state index >= 15 is 0 Å². The van der Waals surface area contributed by atoms with E-state index in [-0.39, 0.29) is 12.3 Å². The van der Waals surface area contributed by atoms with Gasteiger partial charge in [0.2, 0.25) is 17.7 Å². The molecule has 0 saturated heterocycles. The maximum Gasteiger partial charge on any atom is 0.326 e. The van der Waals surface area contributed by atoms with Gasteiger partial charge in [0.25, 0.3) is 0 Å². The lowest BCUT2D eigenvalue weighted by Gasteiger charge is -2.24. The van der Waals surface area contributed by atoms with Crippen LogP contribution in [0.4, 0.5) is 0 Å². The van der Waals surface area contributed by atoms with E-state index in [1.807, 2.05) is 0 Å². The molecule has 1 aromatic rings. The third-order valence-corrected chi connectivity index (χ3v) is 4.42. The van der Waals surface area contributed by atoms with Crippen molar-refractivity contribution in [1.29, 1.82) is 0 Å². The Morgan fingerprint density at radius 3 is 2.17 bits per heavy atom. The fourth-order valence-electron chi connectivity index (χ4n) is 2.48. The number of carbonyl (C=O) groups is 4. The van der Waals surface area contributed by atoms with Gasteiger partial charge >= 0.3 is 5.97 Å². The van der Waals surface area contributed by atoms with Crippen LogP contribution in [0.1, 0.15) is 33.4 Å². The van der Waals surface area contributed by atoms with Gasteiger partial charge < -0.3 is 36.9 Å². The van der Waals surface area contributed by atoms with Crippen LogP contribution in [0, 0.1) is 5.92 Å². The molecule has 0 aliphatic heterocycles. The Hall–Kier alpha value is -2.99. The van der Waals surface area contributed by atoms with Gasteiger partial charge in [-0.3, -0.25) is 14.4 Å². The van der Waals surface area contributed by atoms with Crippen molar-refractivity contribution in [2.75, 3.05) is 0 Å². The number of aliphatic hydroxyl groups is 1. The normalized spacial score (nSPS) is 16.1. The first kappa shape index (κ1) is 25.0. The van der Waals surface area contributed by atoms with Gasteiger partial charge in [0.1, 0.15) is 24.2 Å². The van der Waals surface area contributed by atoms with Crippen molar-refractivity contribution in [3.63, 3.8) is 0 Å². The van der Waals surface area contributed by atoms with Crippen molar-refractivity contribution in [2.45, 2.75) is 64.4 Å². The summed E-state index contributed by atoms with van der Waals surface area (Å²) in [6.45, 7) is 6.02. The highest BCUT2D eigenvalue weighted by Gasteiger charge is 2.30. The van der Waals surface area contributed by atoms with Crippen molar-refractivity contribution in [3.8, 4) is 0 Å². The van der Waals surface area contributed by atoms with Crippen LogP contribution < -0.4 is 21.7 Å². The highest BCUT2D eigenvalue weighted by Crippen LogP contribution is 2.04. The molecule has 5 unspecified atom stereocenters. The number of rotatable bonds is 11. The Balaban J connectivity index is 2.85. The molecule has 8 N–H and O–H groups in total. The quantitative estimate of drug-likeness (QED) is 0.208. The van der Waals surface area contributed by atoms with E-state index in [1.54, 1.807) is 13.8 Å². The Morgan fingerprint density at radius 1 is 1.07 bits per heavy atom. The van der Waals surface area contributed by atoms with Gasteiger partial charge in [-0.1, -0.05) is 13.8 Å². The smallest absolute Gasteiger partial charge is 0.326 e. The monoisotopic (exact) mass is 426 g/mol. The van der Waals surface area contributed by atoms with Gasteiger partial charge in [-0.05, 0) is 19.8 Å². The zero-order valence-electron chi connectivity index (χ0n) is 17.4. The number of carbonyl (C=O) groups excluding carboxylic acids is 3. The number of carboxylic acids is 1. The second kappa shape index (κ2) is 11.3. The lowest BCUT2D eigenvalue weighted by atomic mass is 10.0. The van der Waals surface area contributed by atoms with Crippen molar-refractivity contribution in [1.82, 2.24) is 25.9 Å². The van der Waals surface area contributed by atoms with E-state index in [1.165, 1.54) is 26.4 Å². The van der Waals surface area contributed by atoms with Gasteiger partial charge in [-0.15, -0.1) is 0 Å². The maximum atomic E-state index is 12.7. The molecule has 3 amide bonds. The number of H-pyrrole nitrogens is 1. The molecule has 30 heavy (non-hydrogen) atoms. The molecular weight excluding hydrogens is 396 g/mol. The molecule has 0 radical (unpaired) electrons. The zero-order chi connectivity index (χ0) is 23.0. The minimum absolute atomic E-state index is 0.0299. The lowest BCUT2D eigenvalue weighted by molar-refractivity contribution is -0.143. The van der Waals surface area contributed by atoms with Gasteiger partial charge in [0, 0.05) is 18.3 Å². The standard InChI is InChI=1S/C18H30N6O6/c1-8(2)14(18(29)30)24-15(26)9(3)22-16(27)12(5-11-6-20-7-21-11)23-17(28)13(19)10(4)25/h6-10,12-14,25H,5,19H2,1-4H3,(H,20,21)(H,22,27)(H,23,28)(H,24,26)(H,29,30). The molecule has 1 heterocycles. The van der Waals surface area contributed by atoms with Gasteiger partial charge in [0.15, 0.2) is 0 Å². The van der Waals surface area contributed by atoms with Crippen LogP contribution in [0.15, 0.2) is 12.5 Å². The van der Waals surface area contributed by atoms with E-state index in [4.69, 9.17) is 5.73 Å². The van der Waals surface area contributed by atoms with Gasteiger partial charge in [0.05, 0.1) is 12.4 Å². The van der Waals surface area contributed by atoms with E-state index in [9.17, 15) is 29.4 Å². The molecule has 0 bridgehead atoms. The average Bonchev–Trinajstić information content (AvgIpc) is 3.16. The predicted octanol–water partition coefficient (Wildman–Crippen LogP) is -2.12. The van der Waals surface area contributed by atoms with Crippen LogP contribution in [-0.2, 0) is 25.6 Å². The van der Waals surface area contributed by atoms with Crippen molar-refractivity contribution < 1.29 is 29.4 Å². The van der Waals surface area contributed by atoms with Crippen LogP contribution in [0.2, 0.25) is 0 Å². The summed E-state index contributed by atoms with van der Waals surface area (Å²) in [6.07, 6.45) is 1.77. The summed E-state index contributed by atoms with van der Waals surface area (Å²) in [7, 11) is 0. The molecule has 0 spiro atoms. The molecule has 12 nitrogen and oxygen atoms in total. The highest BCUT2D eigenvalue weighted by molar-refractivity contribution is 5.94. The second-order valence-corrected chi connectivity index (χ2v) is 7.41. The number of aromatic nitrogens is 2. The van der Waals surface area contributed by atoms with Crippen LogP contribution in [-0.4, -0.2) is 74.1 Å². The molecule has 0 aliphatic rings.